The lowest BCUT2D eigenvalue weighted by molar-refractivity contribution is 0.0632. The third-order valence-corrected chi connectivity index (χ3v) is 5.29. The number of aromatic nitrogens is 7. The summed E-state index contributed by atoms with van der Waals surface area (Å²) in [5.41, 5.74) is 1.94. The average Bonchev–Trinajstić information content (AvgIpc) is 3.32. The number of hydrogen-bond acceptors (Lipinski definition) is 6. The largest absolute Gasteiger partial charge is 0.325 e. The first-order valence-electron chi connectivity index (χ1n) is 8.77. The van der Waals surface area contributed by atoms with Crippen LogP contribution in [0.1, 0.15) is 29.3 Å². The molecule has 0 aromatic carbocycles. The molecule has 5 heterocycles. The van der Waals surface area contributed by atoms with E-state index in [2.05, 4.69) is 45.8 Å². The number of carbonyl (C=O) groups excluding carboxylic acids is 1. The molecule has 4 aromatic heterocycles. The fourth-order valence-corrected chi connectivity index (χ4v) is 3.78. The molecule has 140 valence electrons. The van der Waals surface area contributed by atoms with Crippen LogP contribution in [-0.2, 0) is 6.54 Å². The second-order valence-electron chi connectivity index (χ2n) is 6.55. The Morgan fingerprint density at radius 3 is 2.86 bits per heavy atom. The Balaban J connectivity index is 1.46. The number of rotatable bonds is 2. The van der Waals surface area contributed by atoms with Crippen molar-refractivity contribution >= 4 is 27.5 Å². The Bertz CT molecular complexity index is 1180. The summed E-state index contributed by atoms with van der Waals surface area (Å²) in [7, 11) is 0. The van der Waals surface area contributed by atoms with Gasteiger partial charge >= 0.3 is 0 Å². The molecular formula is C18H15BrN8O. The maximum atomic E-state index is 13.1. The van der Waals surface area contributed by atoms with E-state index in [9.17, 15) is 4.79 Å². The van der Waals surface area contributed by atoms with Gasteiger partial charge in [0.2, 0.25) is 0 Å². The summed E-state index contributed by atoms with van der Waals surface area (Å²) in [6.45, 7) is 3.12. The molecule has 0 aliphatic carbocycles. The Hall–Kier alpha value is -3.14. The first-order valence-corrected chi connectivity index (χ1v) is 9.56. The molecule has 1 unspecified atom stereocenters. The Labute approximate surface area is 168 Å². The van der Waals surface area contributed by atoms with Crippen LogP contribution in [0, 0.1) is 0 Å². The number of fused-ring (bicyclic) bond motifs is 2. The lowest BCUT2D eigenvalue weighted by Gasteiger charge is -2.33. The predicted octanol–water partition coefficient (Wildman–Crippen LogP) is 2.36. The fraction of sp³-hybridized carbons (Fsp3) is 0.222. The van der Waals surface area contributed by atoms with Crippen molar-refractivity contribution in [3.63, 3.8) is 0 Å². The molecule has 0 bridgehead atoms. The number of hydrogen-bond donors (Lipinski definition) is 0. The third-order valence-electron chi connectivity index (χ3n) is 4.89. The van der Waals surface area contributed by atoms with Crippen LogP contribution in [0.4, 0.5) is 0 Å². The molecule has 28 heavy (non-hydrogen) atoms. The zero-order valence-corrected chi connectivity index (χ0v) is 16.5. The van der Waals surface area contributed by atoms with Gasteiger partial charge in [0.1, 0.15) is 0 Å². The fourth-order valence-electron chi connectivity index (χ4n) is 3.48. The molecule has 1 atom stereocenters. The second kappa shape index (κ2) is 6.48. The summed E-state index contributed by atoms with van der Waals surface area (Å²) in [5, 5.41) is 13.1. The predicted molar refractivity (Wildman–Crippen MR) is 103 cm³/mol. The van der Waals surface area contributed by atoms with Gasteiger partial charge in [-0.2, -0.15) is 5.10 Å². The van der Waals surface area contributed by atoms with Gasteiger partial charge in [-0.3, -0.25) is 9.78 Å². The maximum absolute atomic E-state index is 13.1. The number of nitrogens with zero attached hydrogens (tertiary/aromatic N) is 8. The van der Waals surface area contributed by atoms with Crippen molar-refractivity contribution in [3.05, 3.63) is 59.0 Å². The Kier molecular flexibility index (Phi) is 3.93. The van der Waals surface area contributed by atoms with Gasteiger partial charge in [-0.1, -0.05) is 0 Å². The van der Waals surface area contributed by atoms with Gasteiger partial charge in [-0.15, -0.1) is 10.2 Å². The van der Waals surface area contributed by atoms with E-state index >= 15 is 0 Å². The van der Waals surface area contributed by atoms with E-state index in [0.717, 1.165) is 21.7 Å². The van der Waals surface area contributed by atoms with Crippen LogP contribution in [0.5, 0.6) is 0 Å². The highest BCUT2D eigenvalue weighted by Crippen LogP contribution is 2.29. The van der Waals surface area contributed by atoms with Crippen molar-refractivity contribution in [1.29, 1.82) is 0 Å². The quantitative estimate of drug-likeness (QED) is 0.476. The third kappa shape index (κ3) is 2.68. The summed E-state index contributed by atoms with van der Waals surface area (Å²) in [5.74, 6) is 1.41. The number of halogens is 1. The molecule has 0 saturated heterocycles. The maximum Gasteiger partial charge on any atom is 0.275 e. The minimum absolute atomic E-state index is 0.145. The molecule has 0 radical (unpaired) electrons. The lowest BCUT2D eigenvalue weighted by atomic mass is 10.1. The molecule has 0 fully saturated rings. The number of amides is 1. The molecule has 1 amide bonds. The summed E-state index contributed by atoms with van der Waals surface area (Å²) in [6, 6.07) is 5.29. The van der Waals surface area contributed by atoms with E-state index in [-0.39, 0.29) is 11.9 Å². The van der Waals surface area contributed by atoms with Gasteiger partial charge in [-0.25, -0.2) is 9.50 Å². The molecule has 9 nitrogen and oxygen atoms in total. The number of pyridine rings is 1. The van der Waals surface area contributed by atoms with Crippen LogP contribution in [0.2, 0.25) is 0 Å². The highest BCUT2D eigenvalue weighted by molar-refractivity contribution is 9.10. The van der Waals surface area contributed by atoms with Gasteiger partial charge < -0.3 is 9.47 Å². The molecule has 1 aliphatic rings. The normalized spacial score (nSPS) is 16.4. The van der Waals surface area contributed by atoms with Crippen molar-refractivity contribution in [1.82, 2.24) is 39.2 Å². The van der Waals surface area contributed by atoms with E-state index in [4.69, 9.17) is 0 Å². The van der Waals surface area contributed by atoms with E-state index < -0.39 is 0 Å². The molecular weight excluding hydrogens is 424 g/mol. The zero-order valence-electron chi connectivity index (χ0n) is 14.9. The van der Waals surface area contributed by atoms with Crippen LogP contribution < -0.4 is 0 Å². The van der Waals surface area contributed by atoms with E-state index in [1.54, 1.807) is 40.3 Å². The van der Waals surface area contributed by atoms with E-state index in [1.807, 2.05) is 19.1 Å². The standard InChI is InChI=1S/C18H15BrN8O/c1-11-16-22-23-17(12-2-4-20-5-3-12)26(16)7-6-25(11)18(28)14-8-15-21-9-13(19)10-27(15)24-14/h2-5,8-11H,6-7H2,1H3. The first kappa shape index (κ1) is 17.0. The summed E-state index contributed by atoms with van der Waals surface area (Å²) >= 11 is 3.36. The van der Waals surface area contributed by atoms with E-state index in [1.165, 1.54) is 0 Å². The molecule has 4 aromatic rings. The smallest absolute Gasteiger partial charge is 0.275 e. The summed E-state index contributed by atoms with van der Waals surface area (Å²) in [4.78, 5) is 23.2. The highest BCUT2D eigenvalue weighted by Gasteiger charge is 2.33. The van der Waals surface area contributed by atoms with Gasteiger partial charge in [0.15, 0.2) is 23.0 Å². The minimum atomic E-state index is -0.214. The first-order chi connectivity index (χ1) is 13.6. The lowest BCUT2D eigenvalue weighted by Crippen LogP contribution is -2.41. The van der Waals surface area contributed by atoms with Crippen molar-refractivity contribution < 1.29 is 4.79 Å². The van der Waals surface area contributed by atoms with Gasteiger partial charge in [-0.05, 0) is 35.0 Å². The van der Waals surface area contributed by atoms with E-state index in [0.29, 0.717) is 24.4 Å². The van der Waals surface area contributed by atoms with Crippen LogP contribution in [-0.4, -0.2) is 51.7 Å². The Morgan fingerprint density at radius 2 is 2.04 bits per heavy atom. The van der Waals surface area contributed by atoms with Crippen LogP contribution >= 0.6 is 15.9 Å². The van der Waals surface area contributed by atoms with Crippen LogP contribution in [0.25, 0.3) is 17.0 Å². The van der Waals surface area contributed by atoms with Gasteiger partial charge in [0.05, 0.1) is 10.5 Å². The van der Waals surface area contributed by atoms with Gasteiger partial charge in [0.25, 0.3) is 5.91 Å². The summed E-state index contributed by atoms with van der Waals surface area (Å²) < 4.78 is 4.45. The molecule has 1 aliphatic heterocycles. The molecule has 5 rings (SSSR count). The molecule has 0 saturated carbocycles. The van der Waals surface area contributed by atoms with Crippen molar-refractivity contribution in [3.8, 4) is 11.4 Å². The zero-order chi connectivity index (χ0) is 19.3. The average molecular weight is 439 g/mol. The van der Waals surface area contributed by atoms with Crippen LogP contribution in [0.3, 0.4) is 0 Å². The monoisotopic (exact) mass is 438 g/mol. The number of carbonyl (C=O) groups is 1. The minimum Gasteiger partial charge on any atom is -0.325 e. The topological polar surface area (TPSA) is 94.1 Å². The second-order valence-corrected chi connectivity index (χ2v) is 7.46. The van der Waals surface area contributed by atoms with Crippen molar-refractivity contribution in [2.75, 3.05) is 6.54 Å². The molecule has 0 N–H and O–H groups in total. The Morgan fingerprint density at radius 1 is 1.21 bits per heavy atom. The van der Waals surface area contributed by atoms with Gasteiger partial charge in [0, 0.05) is 49.5 Å². The van der Waals surface area contributed by atoms with Crippen LogP contribution in [0.15, 0.2) is 47.5 Å². The summed E-state index contributed by atoms with van der Waals surface area (Å²) in [6.07, 6.45) is 6.91. The molecule has 10 heteroatoms. The SMILES string of the molecule is CC1c2nnc(-c3ccncc3)n2CCN1C(=O)c1cc2ncc(Br)cn2n1. The van der Waals surface area contributed by atoms with Crippen molar-refractivity contribution in [2.24, 2.45) is 0 Å². The molecule has 0 spiro atoms. The highest BCUT2D eigenvalue weighted by atomic mass is 79.9. The van der Waals surface area contributed by atoms with Crippen molar-refractivity contribution in [2.45, 2.75) is 19.5 Å².